The Labute approximate surface area is 268 Å². The molecule has 0 radical (unpaired) electrons. The van der Waals surface area contributed by atoms with Gasteiger partial charge in [-0.3, -0.25) is 37.7 Å². The molecule has 0 amide bonds. The van der Waals surface area contributed by atoms with Gasteiger partial charge < -0.3 is 49.5 Å². The molecule has 0 aromatic carbocycles. The van der Waals surface area contributed by atoms with E-state index < -0.39 is 116 Å². The molecule has 0 spiro atoms. The van der Waals surface area contributed by atoms with E-state index in [1.807, 2.05) is 9.97 Å². The molecule has 27 nitrogen and oxygen atoms in total. The molecular formula is C18H26N4O23P4. The van der Waals surface area contributed by atoms with Crippen LogP contribution >= 0.6 is 31.3 Å². The van der Waals surface area contributed by atoms with E-state index in [9.17, 15) is 77.4 Å². The fourth-order valence-corrected chi connectivity index (χ4v) is 9.20. The van der Waals surface area contributed by atoms with Gasteiger partial charge in [-0.25, -0.2) is 27.8 Å². The molecule has 4 heterocycles. The van der Waals surface area contributed by atoms with Crippen LogP contribution in [-0.4, -0.2) is 109 Å². The molecule has 31 heteroatoms. The quantitative estimate of drug-likeness (QED) is 0.0811. The Bertz CT molecular complexity index is 1820. The third kappa shape index (κ3) is 9.93. The monoisotopic (exact) mass is 790 g/mol. The summed E-state index contributed by atoms with van der Waals surface area (Å²) in [5, 5.41) is 40.7. The van der Waals surface area contributed by atoms with Crippen LogP contribution in [0.25, 0.3) is 0 Å². The number of aromatic nitrogens is 4. The van der Waals surface area contributed by atoms with Crippen molar-refractivity contribution in [3.8, 4) is 0 Å². The second-order valence-corrected chi connectivity index (χ2v) is 16.1. The number of H-pyrrole nitrogens is 2. The lowest BCUT2D eigenvalue weighted by molar-refractivity contribution is -0.0544. The Morgan fingerprint density at radius 3 is 1.24 bits per heavy atom. The van der Waals surface area contributed by atoms with Crippen molar-refractivity contribution >= 4 is 31.3 Å². The zero-order valence-electron chi connectivity index (χ0n) is 23.7. The third-order valence-corrected chi connectivity index (χ3v) is 12.3. The third-order valence-electron chi connectivity index (χ3n) is 6.35. The molecule has 10 N–H and O–H groups in total. The summed E-state index contributed by atoms with van der Waals surface area (Å²) in [6, 6.07) is 1.73. The van der Waals surface area contributed by atoms with Crippen molar-refractivity contribution in [3.63, 3.8) is 0 Å². The molecule has 2 aliphatic rings. The minimum Gasteiger partial charge on any atom is -0.387 e. The average Bonchev–Trinajstić information content (AvgIpc) is 3.38. The van der Waals surface area contributed by atoms with Gasteiger partial charge in [0, 0.05) is 24.5 Å². The van der Waals surface area contributed by atoms with E-state index in [1.165, 1.54) is 0 Å². The van der Waals surface area contributed by atoms with Gasteiger partial charge in [-0.15, -0.1) is 0 Å². The number of aliphatic hydroxyl groups is 4. The molecule has 2 aromatic heterocycles. The number of aliphatic hydroxyl groups excluding tert-OH is 4. The van der Waals surface area contributed by atoms with Gasteiger partial charge >= 0.3 is 42.7 Å². The Morgan fingerprint density at radius 1 is 0.592 bits per heavy atom. The smallest absolute Gasteiger partial charge is 0.387 e. The first-order valence-electron chi connectivity index (χ1n) is 12.9. The van der Waals surface area contributed by atoms with Gasteiger partial charge in [0.05, 0.1) is 13.2 Å². The molecule has 4 unspecified atom stereocenters. The highest BCUT2D eigenvalue weighted by Crippen LogP contribution is 2.71. The highest BCUT2D eigenvalue weighted by atomic mass is 31.3. The largest absolute Gasteiger partial charge is 0.490 e. The highest BCUT2D eigenvalue weighted by Gasteiger charge is 2.49. The number of aromatic amines is 2. The summed E-state index contributed by atoms with van der Waals surface area (Å²) in [7, 11) is -24.1. The van der Waals surface area contributed by atoms with E-state index in [1.54, 1.807) is 0 Å². The summed E-state index contributed by atoms with van der Waals surface area (Å²) in [6.45, 7) is -2.43. The van der Waals surface area contributed by atoms with Gasteiger partial charge in [0.2, 0.25) is 0 Å². The minimum atomic E-state index is -6.24. The topological polar surface area (TPSA) is 404 Å². The zero-order valence-corrected chi connectivity index (χ0v) is 27.3. The van der Waals surface area contributed by atoms with Crippen LogP contribution < -0.4 is 22.5 Å². The molecule has 276 valence electrons. The minimum absolute atomic E-state index is 0.642. The van der Waals surface area contributed by atoms with Crippen LogP contribution in [0.5, 0.6) is 0 Å². The van der Waals surface area contributed by atoms with Gasteiger partial charge in [0.1, 0.15) is 36.6 Å². The first-order chi connectivity index (χ1) is 22.5. The molecule has 2 aromatic rings. The number of hydrogen-bond donors (Lipinski definition) is 10. The summed E-state index contributed by atoms with van der Waals surface area (Å²) in [6.07, 6.45) is -12.6. The van der Waals surface area contributed by atoms with Crippen molar-refractivity contribution in [2.24, 2.45) is 0 Å². The molecule has 0 saturated carbocycles. The maximum absolute atomic E-state index is 12.2. The summed E-state index contributed by atoms with van der Waals surface area (Å²) in [4.78, 5) is 89.1. The van der Waals surface area contributed by atoms with Gasteiger partial charge in [-0.1, -0.05) is 0 Å². The lowest BCUT2D eigenvalue weighted by Gasteiger charge is -2.21. The van der Waals surface area contributed by atoms with E-state index in [2.05, 4.69) is 22.0 Å². The molecule has 4 rings (SSSR count). The normalized spacial score (nSPS) is 32.2. The molecule has 0 bridgehead atoms. The maximum Gasteiger partial charge on any atom is 0.490 e. The molecule has 2 aliphatic heterocycles. The molecule has 2 fully saturated rings. The summed E-state index contributed by atoms with van der Waals surface area (Å²) < 4.78 is 80.5. The Balaban J connectivity index is 1.31. The van der Waals surface area contributed by atoms with E-state index in [0.717, 1.165) is 24.5 Å². The van der Waals surface area contributed by atoms with Crippen LogP contribution in [0.1, 0.15) is 12.5 Å². The maximum atomic E-state index is 12.2. The SMILES string of the molecule is O=c1ccn([C@H]2O[C@@H](COP(=O)(O)OP(=O)(O)OP(=O)(O)OP(=O)(O)OC[C@@H]3O[C@H](n4ccc(=O)[nH]c4=O)[C@@H](O)[C@H]3O)[C@H](O)[C@@H]2O)c(=O)[nH]1. The number of nitrogens with one attached hydrogen (secondary N) is 2. The molecule has 2 saturated heterocycles. The number of phosphoric acid groups is 4. The van der Waals surface area contributed by atoms with Crippen LogP contribution in [-0.2, 0) is 49.7 Å². The second kappa shape index (κ2) is 14.7. The van der Waals surface area contributed by atoms with Crippen molar-refractivity contribution in [2.75, 3.05) is 13.2 Å². The van der Waals surface area contributed by atoms with Crippen LogP contribution in [0.2, 0.25) is 0 Å². The molecular weight excluding hydrogens is 764 g/mol. The predicted octanol–water partition coefficient (Wildman–Crippen LogP) is -4.19. The van der Waals surface area contributed by atoms with E-state index in [4.69, 9.17) is 9.47 Å². The Kier molecular flexibility index (Phi) is 11.9. The average molecular weight is 790 g/mol. The summed E-state index contributed by atoms with van der Waals surface area (Å²) in [5.41, 5.74) is -3.78. The van der Waals surface area contributed by atoms with Crippen molar-refractivity contribution in [2.45, 2.75) is 49.1 Å². The predicted molar refractivity (Wildman–Crippen MR) is 149 cm³/mol. The second-order valence-electron chi connectivity index (χ2n) is 9.84. The van der Waals surface area contributed by atoms with Crippen LogP contribution in [0, 0.1) is 0 Å². The van der Waals surface area contributed by atoms with Gasteiger partial charge in [-0.2, -0.15) is 12.9 Å². The van der Waals surface area contributed by atoms with Gasteiger partial charge in [-0.05, 0) is 0 Å². The van der Waals surface area contributed by atoms with Gasteiger partial charge in [0.25, 0.3) is 11.1 Å². The standard InChI is InChI=1S/C18H26N4O23P4/c23-9-1-3-21(17(29)19-9)15-13(27)11(25)7(41-15)5-39-46(31,32)43-48(35,36)45-49(37,38)44-47(33,34)40-6-8-12(26)14(28)16(42-8)22-4-2-10(24)20-18(22)30/h1-4,7-8,11-16,25-28H,5-6H2,(H,31,32)(H,33,34)(H,35,36)(H,37,38)(H,19,23,29)(H,20,24,30)/t7-,8-,11-,12-,13-,14-,15-,16-/m0/s1. The van der Waals surface area contributed by atoms with Crippen molar-refractivity contribution in [1.29, 1.82) is 0 Å². The molecule has 12 atom stereocenters. The first kappa shape index (κ1) is 39.5. The number of nitrogens with zero attached hydrogens (tertiary/aromatic N) is 2. The zero-order chi connectivity index (χ0) is 36.7. The van der Waals surface area contributed by atoms with E-state index in [0.29, 0.717) is 9.13 Å². The fourth-order valence-electron chi connectivity index (χ4n) is 4.25. The van der Waals surface area contributed by atoms with E-state index in [-0.39, 0.29) is 0 Å². The van der Waals surface area contributed by atoms with Crippen molar-refractivity contribution in [1.82, 2.24) is 19.1 Å². The first-order valence-corrected chi connectivity index (χ1v) is 18.9. The number of ether oxygens (including phenoxy) is 2. The number of rotatable bonds is 14. The van der Waals surface area contributed by atoms with Crippen molar-refractivity contribution < 1.29 is 89.7 Å². The van der Waals surface area contributed by atoms with Crippen LogP contribution in [0.3, 0.4) is 0 Å². The number of phosphoric ester groups is 2. The van der Waals surface area contributed by atoms with Crippen molar-refractivity contribution in [3.05, 3.63) is 66.2 Å². The van der Waals surface area contributed by atoms with Crippen LogP contribution in [0.4, 0.5) is 0 Å². The summed E-state index contributed by atoms with van der Waals surface area (Å²) >= 11 is 0. The Hall–Kier alpha value is -2.32. The molecule has 0 aliphatic carbocycles. The molecule has 49 heavy (non-hydrogen) atoms. The fraction of sp³-hybridized carbons (Fsp3) is 0.556. The lowest BCUT2D eigenvalue weighted by Crippen LogP contribution is -2.37. The summed E-state index contributed by atoms with van der Waals surface area (Å²) in [5.74, 6) is 0. The van der Waals surface area contributed by atoms with Gasteiger partial charge in [0.15, 0.2) is 12.5 Å². The Morgan fingerprint density at radius 2 is 0.918 bits per heavy atom. The lowest BCUT2D eigenvalue weighted by atomic mass is 10.1. The highest BCUT2D eigenvalue weighted by molar-refractivity contribution is 7.69. The van der Waals surface area contributed by atoms with E-state index >= 15 is 0 Å². The van der Waals surface area contributed by atoms with Crippen LogP contribution in [0.15, 0.2) is 43.7 Å². The number of hydrogen-bond acceptors (Lipinski definition) is 19.